The number of amides is 1. The molecule has 3 N–H and O–H groups in total. The summed E-state index contributed by atoms with van der Waals surface area (Å²) in [6.07, 6.45) is 9.07. The van der Waals surface area contributed by atoms with Crippen LogP contribution in [0.1, 0.15) is 44.1 Å². The molecule has 1 fully saturated rings. The lowest BCUT2D eigenvalue weighted by Gasteiger charge is -2.27. The monoisotopic (exact) mass is 336 g/mol. The zero-order chi connectivity index (χ0) is 18.0. The summed E-state index contributed by atoms with van der Waals surface area (Å²) in [5.41, 5.74) is 8.85. The molecular weight excluding hydrogens is 312 g/mol. The second-order valence-electron chi connectivity index (χ2n) is 6.86. The lowest BCUT2D eigenvalue weighted by atomic mass is 10.0. The van der Waals surface area contributed by atoms with Crippen molar-refractivity contribution in [2.24, 2.45) is 11.7 Å². The van der Waals surface area contributed by atoms with Crippen LogP contribution in [-0.4, -0.2) is 33.4 Å². The van der Waals surface area contributed by atoms with Gasteiger partial charge in [-0.1, -0.05) is 31.9 Å². The van der Waals surface area contributed by atoms with E-state index in [-0.39, 0.29) is 17.9 Å². The van der Waals surface area contributed by atoms with Crippen molar-refractivity contribution in [3.63, 3.8) is 0 Å². The predicted molar refractivity (Wildman–Crippen MR) is 98.5 cm³/mol. The van der Waals surface area contributed by atoms with E-state index < -0.39 is 6.04 Å². The normalized spacial score (nSPS) is 18.4. The number of H-pyrrole nitrogens is 1. The van der Waals surface area contributed by atoms with E-state index in [2.05, 4.69) is 15.9 Å². The van der Waals surface area contributed by atoms with Crippen molar-refractivity contribution in [1.29, 1.82) is 0 Å². The highest BCUT2D eigenvalue weighted by atomic mass is 16.2. The third-order valence-corrected chi connectivity index (χ3v) is 4.81. The summed E-state index contributed by atoms with van der Waals surface area (Å²) < 4.78 is 0. The van der Waals surface area contributed by atoms with E-state index in [1.165, 1.54) is 0 Å². The van der Waals surface area contributed by atoms with Crippen LogP contribution in [0.2, 0.25) is 0 Å². The number of likely N-dealkylation sites (tertiary alicyclic amines) is 1. The molecule has 2 atom stereocenters. The predicted octanol–water partition coefficient (Wildman–Crippen LogP) is 2.70. The number of carbonyl (C=O) groups is 1. The van der Waals surface area contributed by atoms with Crippen molar-refractivity contribution >= 4 is 5.91 Å². The van der Waals surface area contributed by atoms with Gasteiger partial charge in [-0.05, 0) is 36.5 Å². The second-order valence-corrected chi connectivity index (χ2v) is 6.86. The first-order chi connectivity index (χ1) is 12.0. The van der Waals surface area contributed by atoms with Crippen LogP contribution in [0, 0.1) is 18.3 Å². The molecule has 1 saturated heterocycles. The summed E-state index contributed by atoms with van der Waals surface area (Å²) in [5, 5.41) is 0. The number of rotatable bonds is 4. The van der Waals surface area contributed by atoms with E-state index in [1.54, 1.807) is 0 Å². The molecule has 2 aromatic rings. The fourth-order valence-corrected chi connectivity index (χ4v) is 3.19. The fraction of sp³-hybridized carbons (Fsp3) is 0.400. The molecule has 0 spiro atoms. The molecule has 25 heavy (non-hydrogen) atoms. The van der Waals surface area contributed by atoms with E-state index in [4.69, 9.17) is 12.2 Å². The van der Waals surface area contributed by atoms with Gasteiger partial charge in [-0.25, -0.2) is 4.98 Å². The third kappa shape index (κ3) is 3.45. The van der Waals surface area contributed by atoms with Gasteiger partial charge in [0.2, 0.25) is 5.91 Å². The standard InChI is InChI=1S/C20H24N4O/c1-4-14-7-9-15(10-8-14)16-12-22-19(23-16)17-6-5-11-24(17)20(25)18(21)13(2)3/h1,7-10,12-13,17-18H,5-6,11,21H2,2-3H3,(H,22,23). The van der Waals surface area contributed by atoms with Gasteiger partial charge >= 0.3 is 0 Å². The van der Waals surface area contributed by atoms with E-state index in [0.717, 1.165) is 42.0 Å². The number of nitrogens with one attached hydrogen (secondary N) is 1. The number of nitrogens with zero attached hydrogens (tertiary/aromatic N) is 2. The minimum absolute atomic E-state index is 0.00817. The van der Waals surface area contributed by atoms with Crippen molar-refractivity contribution < 1.29 is 4.79 Å². The Hall–Kier alpha value is -2.58. The SMILES string of the molecule is C#Cc1ccc(-c2cnc(C3CCCN3C(=O)C(N)C(C)C)[nH]2)cc1. The molecule has 1 amide bonds. The molecule has 0 radical (unpaired) electrons. The van der Waals surface area contributed by atoms with Crippen LogP contribution in [0.5, 0.6) is 0 Å². The highest BCUT2D eigenvalue weighted by Gasteiger charge is 2.35. The number of nitrogens with two attached hydrogens (primary N) is 1. The van der Waals surface area contributed by atoms with E-state index in [0.29, 0.717) is 0 Å². The van der Waals surface area contributed by atoms with Crippen LogP contribution < -0.4 is 5.73 Å². The van der Waals surface area contributed by atoms with E-state index in [1.807, 2.05) is 49.2 Å². The molecule has 0 saturated carbocycles. The smallest absolute Gasteiger partial charge is 0.240 e. The zero-order valence-electron chi connectivity index (χ0n) is 14.7. The molecule has 5 heteroatoms. The maximum atomic E-state index is 12.7. The van der Waals surface area contributed by atoms with Crippen molar-refractivity contribution in [2.75, 3.05) is 6.54 Å². The van der Waals surface area contributed by atoms with Crippen LogP contribution in [-0.2, 0) is 4.79 Å². The second kappa shape index (κ2) is 7.12. The Bertz CT molecular complexity index is 785. The maximum absolute atomic E-state index is 12.7. The van der Waals surface area contributed by atoms with Gasteiger partial charge in [-0.15, -0.1) is 6.42 Å². The Morgan fingerprint density at radius 3 is 2.76 bits per heavy atom. The molecule has 1 aliphatic rings. The molecule has 5 nitrogen and oxygen atoms in total. The summed E-state index contributed by atoms with van der Waals surface area (Å²) >= 11 is 0. The lowest BCUT2D eigenvalue weighted by Crippen LogP contribution is -2.46. The number of imidazole rings is 1. The van der Waals surface area contributed by atoms with E-state index in [9.17, 15) is 4.79 Å². The number of benzene rings is 1. The summed E-state index contributed by atoms with van der Waals surface area (Å²) in [7, 11) is 0. The Morgan fingerprint density at radius 1 is 1.40 bits per heavy atom. The lowest BCUT2D eigenvalue weighted by molar-refractivity contribution is -0.134. The van der Waals surface area contributed by atoms with Gasteiger partial charge in [-0.3, -0.25) is 4.79 Å². The molecule has 3 rings (SSSR count). The molecular formula is C20H24N4O. The molecule has 130 valence electrons. The van der Waals surface area contributed by atoms with Gasteiger partial charge in [0, 0.05) is 12.1 Å². The number of carbonyl (C=O) groups excluding carboxylic acids is 1. The van der Waals surface area contributed by atoms with Crippen LogP contribution in [0.25, 0.3) is 11.3 Å². The maximum Gasteiger partial charge on any atom is 0.240 e. The molecule has 1 aliphatic heterocycles. The minimum atomic E-state index is -0.466. The van der Waals surface area contributed by atoms with Crippen LogP contribution in [0.3, 0.4) is 0 Å². The molecule has 1 aromatic heterocycles. The average Bonchev–Trinajstić information content (AvgIpc) is 3.29. The average molecular weight is 336 g/mol. The van der Waals surface area contributed by atoms with Gasteiger partial charge in [0.05, 0.1) is 24.0 Å². The summed E-state index contributed by atoms with van der Waals surface area (Å²) in [4.78, 5) is 22.4. The van der Waals surface area contributed by atoms with Gasteiger partial charge in [-0.2, -0.15) is 0 Å². The molecule has 0 aliphatic carbocycles. The number of aromatic nitrogens is 2. The topological polar surface area (TPSA) is 75.0 Å². The summed E-state index contributed by atoms with van der Waals surface area (Å²) in [6, 6.07) is 7.26. The first kappa shape index (κ1) is 17.2. The van der Waals surface area contributed by atoms with Gasteiger partial charge in [0.1, 0.15) is 5.82 Å². The van der Waals surface area contributed by atoms with Crippen LogP contribution >= 0.6 is 0 Å². The third-order valence-electron chi connectivity index (χ3n) is 4.81. The van der Waals surface area contributed by atoms with Crippen molar-refractivity contribution in [3.8, 4) is 23.6 Å². The number of terminal acetylenes is 1. The van der Waals surface area contributed by atoms with Gasteiger partial charge in [0.25, 0.3) is 0 Å². The van der Waals surface area contributed by atoms with Gasteiger partial charge in [0.15, 0.2) is 0 Å². The van der Waals surface area contributed by atoms with Crippen LogP contribution in [0.4, 0.5) is 0 Å². The molecule has 1 aromatic carbocycles. The fourth-order valence-electron chi connectivity index (χ4n) is 3.19. The number of hydrogen-bond acceptors (Lipinski definition) is 3. The Labute approximate surface area is 148 Å². The van der Waals surface area contributed by atoms with Crippen molar-refractivity contribution in [3.05, 3.63) is 41.9 Å². The highest BCUT2D eigenvalue weighted by molar-refractivity contribution is 5.82. The number of aromatic amines is 1. The largest absolute Gasteiger partial charge is 0.340 e. The number of hydrogen-bond donors (Lipinski definition) is 2. The minimum Gasteiger partial charge on any atom is -0.340 e. The van der Waals surface area contributed by atoms with Crippen molar-refractivity contribution in [2.45, 2.75) is 38.8 Å². The quantitative estimate of drug-likeness (QED) is 0.843. The molecule has 2 unspecified atom stereocenters. The molecule has 0 bridgehead atoms. The summed E-state index contributed by atoms with van der Waals surface area (Å²) in [6.45, 7) is 4.67. The Balaban J connectivity index is 1.81. The first-order valence-electron chi connectivity index (χ1n) is 8.69. The first-order valence-corrected chi connectivity index (χ1v) is 8.69. The van der Waals surface area contributed by atoms with Crippen molar-refractivity contribution in [1.82, 2.24) is 14.9 Å². The van der Waals surface area contributed by atoms with Crippen LogP contribution in [0.15, 0.2) is 30.5 Å². The van der Waals surface area contributed by atoms with Gasteiger partial charge < -0.3 is 15.6 Å². The van der Waals surface area contributed by atoms with E-state index >= 15 is 0 Å². The summed E-state index contributed by atoms with van der Waals surface area (Å²) in [5.74, 6) is 3.56. The Kier molecular flexibility index (Phi) is 4.91. The Morgan fingerprint density at radius 2 is 2.12 bits per heavy atom. The molecule has 2 heterocycles. The highest BCUT2D eigenvalue weighted by Crippen LogP contribution is 2.32. The zero-order valence-corrected chi connectivity index (χ0v) is 14.7.